The molecule has 162 valence electrons. The summed E-state index contributed by atoms with van der Waals surface area (Å²) in [6, 6.07) is 1.72. The summed E-state index contributed by atoms with van der Waals surface area (Å²) in [5.74, 6) is 0. The summed E-state index contributed by atoms with van der Waals surface area (Å²) in [4.78, 5) is 25.3. The summed E-state index contributed by atoms with van der Waals surface area (Å²) in [5, 5.41) is 21.6. The molecule has 1 aliphatic heterocycles. The number of aliphatic hydroxyl groups is 1. The summed E-state index contributed by atoms with van der Waals surface area (Å²) >= 11 is 0.848. The van der Waals surface area contributed by atoms with Crippen molar-refractivity contribution in [1.29, 1.82) is 4.78 Å². The summed E-state index contributed by atoms with van der Waals surface area (Å²) in [6.45, 7) is 3.01. The quantitative estimate of drug-likeness (QED) is 0.475. The second-order valence-corrected chi connectivity index (χ2v) is 11.4. The van der Waals surface area contributed by atoms with Crippen molar-refractivity contribution >= 4 is 39.5 Å². The Morgan fingerprint density at radius 3 is 2.50 bits per heavy atom. The molecule has 2 atom stereocenters. The molecule has 30 heavy (non-hydrogen) atoms. The van der Waals surface area contributed by atoms with Crippen LogP contribution in [0.25, 0.3) is 0 Å². The highest BCUT2D eigenvalue weighted by molar-refractivity contribution is 8.19. The predicted octanol–water partition coefficient (Wildman–Crippen LogP) is 2.98. The maximum Gasteiger partial charge on any atom is 0.417 e. The van der Waals surface area contributed by atoms with E-state index in [1.165, 1.54) is 36.1 Å². The van der Waals surface area contributed by atoms with E-state index in [0.29, 0.717) is 0 Å². The SMILES string of the molecule is CC(C)(O)[C@H]1SC(S(=N)(=O)NC(=O)O)=CN1C(=O)Nc1c2c(cc3c1CC3)CCC2. The average molecular weight is 453 g/mol. The molecule has 0 radical (unpaired) electrons. The van der Waals surface area contributed by atoms with Gasteiger partial charge in [0.15, 0.2) is 9.92 Å². The number of amides is 3. The third kappa shape index (κ3) is 3.65. The van der Waals surface area contributed by atoms with Gasteiger partial charge in [0.1, 0.15) is 9.61 Å². The number of urea groups is 1. The molecule has 0 spiro atoms. The fourth-order valence-corrected chi connectivity index (χ4v) is 6.61. The van der Waals surface area contributed by atoms with Gasteiger partial charge in [0, 0.05) is 11.9 Å². The predicted molar refractivity (Wildman–Crippen MR) is 115 cm³/mol. The minimum atomic E-state index is -3.86. The maximum absolute atomic E-state index is 13.2. The lowest BCUT2D eigenvalue weighted by Crippen LogP contribution is -2.47. The summed E-state index contributed by atoms with van der Waals surface area (Å²) in [6.07, 6.45) is 4.41. The van der Waals surface area contributed by atoms with Crippen LogP contribution in [0.15, 0.2) is 16.5 Å². The first-order valence-corrected chi connectivity index (χ1v) is 12.1. The number of hydrogen-bond acceptors (Lipinski definition) is 6. The van der Waals surface area contributed by atoms with Crippen molar-refractivity contribution in [3.8, 4) is 0 Å². The molecule has 4 rings (SSSR count). The number of carboxylic acid groups (broad SMARTS) is 1. The van der Waals surface area contributed by atoms with Crippen molar-refractivity contribution in [2.75, 3.05) is 5.32 Å². The van der Waals surface area contributed by atoms with Gasteiger partial charge in [-0.1, -0.05) is 17.8 Å². The highest BCUT2D eigenvalue weighted by Crippen LogP contribution is 2.43. The number of carbonyl (C=O) groups excluding carboxylic acids is 1. The van der Waals surface area contributed by atoms with Crippen molar-refractivity contribution < 1.29 is 24.0 Å². The minimum Gasteiger partial charge on any atom is -0.464 e. The van der Waals surface area contributed by atoms with Gasteiger partial charge in [0.05, 0.1) is 5.60 Å². The first-order valence-electron chi connectivity index (χ1n) is 9.63. The van der Waals surface area contributed by atoms with Gasteiger partial charge in [-0.2, -0.15) is 0 Å². The lowest BCUT2D eigenvalue weighted by Gasteiger charge is -2.33. The van der Waals surface area contributed by atoms with Crippen LogP contribution < -0.4 is 10.0 Å². The third-order valence-corrected chi connectivity index (χ3v) is 9.05. The lowest BCUT2D eigenvalue weighted by atomic mass is 9.83. The number of nitrogens with one attached hydrogen (secondary N) is 3. The van der Waals surface area contributed by atoms with E-state index in [1.807, 2.05) is 0 Å². The number of carbonyl (C=O) groups is 2. The molecule has 3 amide bonds. The molecule has 1 aromatic carbocycles. The molecule has 0 fully saturated rings. The van der Waals surface area contributed by atoms with E-state index in [0.717, 1.165) is 60.7 Å². The second kappa shape index (κ2) is 7.17. The van der Waals surface area contributed by atoms with Crippen LogP contribution in [-0.4, -0.2) is 42.4 Å². The van der Waals surface area contributed by atoms with E-state index in [4.69, 9.17) is 9.89 Å². The molecule has 0 bridgehead atoms. The van der Waals surface area contributed by atoms with Crippen molar-refractivity contribution in [2.24, 2.45) is 0 Å². The zero-order chi connectivity index (χ0) is 21.8. The Kier molecular flexibility index (Phi) is 5.02. The third-order valence-electron chi connectivity index (χ3n) is 5.55. The molecule has 0 saturated heterocycles. The van der Waals surface area contributed by atoms with Gasteiger partial charge in [-0.25, -0.2) is 23.3 Å². The molecule has 11 heteroatoms. The van der Waals surface area contributed by atoms with Crippen LogP contribution >= 0.6 is 11.8 Å². The van der Waals surface area contributed by atoms with Crippen LogP contribution in [-0.2, 0) is 35.6 Å². The Morgan fingerprint density at radius 1 is 1.23 bits per heavy atom. The van der Waals surface area contributed by atoms with Crippen molar-refractivity contribution in [3.63, 3.8) is 0 Å². The molecule has 3 aliphatic rings. The van der Waals surface area contributed by atoms with Crippen LogP contribution in [0.2, 0.25) is 0 Å². The van der Waals surface area contributed by atoms with Crippen molar-refractivity contribution in [2.45, 2.75) is 56.9 Å². The fraction of sp³-hybridized carbons (Fsp3) is 0.474. The molecular weight excluding hydrogens is 428 g/mol. The smallest absolute Gasteiger partial charge is 0.417 e. The lowest BCUT2D eigenvalue weighted by molar-refractivity contribution is 0.0470. The molecule has 2 aliphatic carbocycles. The zero-order valence-electron chi connectivity index (χ0n) is 16.7. The number of anilines is 1. The van der Waals surface area contributed by atoms with E-state index in [-0.39, 0.29) is 4.24 Å². The fourth-order valence-electron chi connectivity index (χ4n) is 4.11. The Morgan fingerprint density at radius 2 is 1.90 bits per heavy atom. The van der Waals surface area contributed by atoms with Crippen molar-refractivity contribution in [1.82, 2.24) is 9.62 Å². The van der Waals surface area contributed by atoms with E-state index < -0.39 is 33.0 Å². The number of benzene rings is 1. The first kappa shape index (κ1) is 21.0. The summed E-state index contributed by atoms with van der Waals surface area (Å²) in [5.41, 5.74) is 4.23. The normalized spacial score (nSPS) is 21.8. The Balaban J connectivity index is 1.66. The standard InChI is InChI=1S/C19H24N4O5S2/c1-19(2,27)16-23(9-14(29-16)30(20,28)22-18(25)26)17(24)21-15-12-5-3-4-10(12)8-11-6-7-13(11)15/h8-9,16,27H,3-7H2,1-2H3,(H,21,24)(H,25,26)(H2,20,22,28)/t16-,30?/m1/s1. The van der Waals surface area contributed by atoms with Gasteiger partial charge in [0.2, 0.25) is 0 Å². The molecule has 1 aromatic rings. The van der Waals surface area contributed by atoms with E-state index in [2.05, 4.69) is 11.4 Å². The molecule has 0 saturated carbocycles. The summed E-state index contributed by atoms with van der Waals surface area (Å²) in [7, 11) is -3.86. The van der Waals surface area contributed by atoms with E-state index in [9.17, 15) is 18.9 Å². The Bertz CT molecular complexity index is 1080. The highest BCUT2D eigenvalue weighted by atomic mass is 32.3. The Labute approximate surface area is 179 Å². The summed E-state index contributed by atoms with van der Waals surface area (Å²) < 4.78 is 21.9. The minimum absolute atomic E-state index is 0.126. The molecule has 9 nitrogen and oxygen atoms in total. The number of aryl methyl sites for hydroxylation is 2. The van der Waals surface area contributed by atoms with Gasteiger partial charge in [-0.15, -0.1) is 0 Å². The largest absolute Gasteiger partial charge is 0.464 e. The first-order chi connectivity index (χ1) is 14.0. The molecule has 1 unspecified atom stereocenters. The highest BCUT2D eigenvalue weighted by Gasteiger charge is 2.43. The van der Waals surface area contributed by atoms with Crippen LogP contribution in [0.3, 0.4) is 0 Å². The Hall–Kier alpha value is -2.24. The molecular formula is C19H24N4O5S2. The number of rotatable bonds is 4. The van der Waals surface area contributed by atoms with E-state index >= 15 is 0 Å². The maximum atomic E-state index is 13.2. The molecule has 1 heterocycles. The zero-order valence-corrected chi connectivity index (χ0v) is 18.3. The average Bonchev–Trinajstić information content (AvgIpc) is 3.23. The van der Waals surface area contributed by atoms with Crippen LogP contribution in [0, 0.1) is 4.78 Å². The van der Waals surface area contributed by atoms with Gasteiger partial charge >= 0.3 is 12.1 Å². The molecule has 0 aromatic heterocycles. The topological polar surface area (TPSA) is 143 Å². The monoisotopic (exact) mass is 452 g/mol. The van der Waals surface area contributed by atoms with Crippen LogP contribution in [0.1, 0.15) is 42.5 Å². The van der Waals surface area contributed by atoms with Crippen LogP contribution in [0.4, 0.5) is 15.3 Å². The number of fused-ring (bicyclic) bond motifs is 2. The number of hydrogen-bond donors (Lipinski definition) is 5. The van der Waals surface area contributed by atoms with Gasteiger partial charge < -0.3 is 15.5 Å². The van der Waals surface area contributed by atoms with Gasteiger partial charge in [-0.05, 0) is 68.2 Å². The number of thioether (sulfide) groups is 1. The van der Waals surface area contributed by atoms with Gasteiger partial charge in [-0.3, -0.25) is 4.90 Å². The second-order valence-electron chi connectivity index (χ2n) is 8.25. The van der Waals surface area contributed by atoms with Gasteiger partial charge in [0.25, 0.3) is 0 Å². The van der Waals surface area contributed by atoms with E-state index in [1.54, 1.807) is 4.72 Å². The van der Waals surface area contributed by atoms with Crippen molar-refractivity contribution in [3.05, 3.63) is 38.8 Å². The van der Waals surface area contributed by atoms with Crippen LogP contribution in [0.5, 0.6) is 0 Å². The molecule has 5 N–H and O–H groups in total. The number of nitrogens with zero attached hydrogens (tertiary/aromatic N) is 1.